The van der Waals surface area contributed by atoms with E-state index in [4.69, 9.17) is 4.74 Å². The van der Waals surface area contributed by atoms with E-state index in [2.05, 4.69) is 5.32 Å². The van der Waals surface area contributed by atoms with Crippen molar-refractivity contribution in [1.82, 2.24) is 4.90 Å². The van der Waals surface area contributed by atoms with E-state index in [-0.39, 0.29) is 18.9 Å². The Labute approximate surface area is 128 Å². The third kappa shape index (κ3) is 1.98. The van der Waals surface area contributed by atoms with Crippen LogP contribution in [-0.4, -0.2) is 41.4 Å². The number of hydrogen-bond donors (Lipinski definition) is 1. The molecule has 2 amide bonds. The molecule has 0 saturated carbocycles. The maximum Gasteiger partial charge on any atom is 0.411 e. The molecular weight excluding hydrogens is 284 g/mol. The number of fused-ring (bicyclic) bond motifs is 1. The molecule has 0 radical (unpaired) electrons. The first kappa shape index (κ1) is 14.6. The average Bonchev–Trinajstić information content (AvgIpc) is 2.94. The number of rotatable bonds is 4. The number of unbranched alkanes of at least 4 members (excludes halogenated alkanes) is 1. The van der Waals surface area contributed by atoms with Crippen LogP contribution < -0.4 is 5.32 Å². The Morgan fingerprint density at radius 1 is 1.27 bits per heavy atom. The highest BCUT2D eigenvalue weighted by molar-refractivity contribution is 6.28. The third-order valence-corrected chi connectivity index (χ3v) is 4.28. The molecule has 1 atom stereocenters. The molecule has 1 aromatic rings. The number of amides is 2. The van der Waals surface area contributed by atoms with Crippen molar-refractivity contribution in [3.8, 4) is 0 Å². The van der Waals surface area contributed by atoms with Gasteiger partial charge in [-0.3, -0.25) is 14.5 Å². The second kappa shape index (κ2) is 5.44. The summed E-state index contributed by atoms with van der Waals surface area (Å²) in [5.41, 5.74) is -0.548. The molecule has 116 valence electrons. The minimum atomic E-state index is -1.49. The van der Waals surface area contributed by atoms with Crippen molar-refractivity contribution in [3.05, 3.63) is 29.8 Å². The molecule has 6 nitrogen and oxygen atoms in total. The van der Waals surface area contributed by atoms with Crippen LogP contribution in [-0.2, 0) is 9.53 Å². The predicted molar refractivity (Wildman–Crippen MR) is 79.7 cm³/mol. The van der Waals surface area contributed by atoms with Crippen molar-refractivity contribution in [2.75, 3.05) is 18.5 Å². The van der Waals surface area contributed by atoms with Gasteiger partial charge in [-0.05, 0) is 18.6 Å². The first-order valence-electron chi connectivity index (χ1n) is 7.51. The van der Waals surface area contributed by atoms with Crippen LogP contribution in [0.5, 0.6) is 0 Å². The molecule has 1 aromatic carbocycles. The van der Waals surface area contributed by atoms with Gasteiger partial charge in [0.2, 0.25) is 0 Å². The molecule has 0 bridgehead atoms. The van der Waals surface area contributed by atoms with Crippen LogP contribution in [0.1, 0.15) is 36.5 Å². The van der Waals surface area contributed by atoms with E-state index in [1.807, 2.05) is 6.92 Å². The van der Waals surface area contributed by atoms with Crippen molar-refractivity contribution in [2.45, 2.75) is 31.7 Å². The normalized spacial score (nSPS) is 24.0. The Kier molecular flexibility index (Phi) is 3.60. The molecule has 0 spiro atoms. The first-order valence-corrected chi connectivity index (χ1v) is 7.51. The van der Waals surface area contributed by atoms with Gasteiger partial charge in [-0.25, -0.2) is 4.79 Å². The summed E-state index contributed by atoms with van der Waals surface area (Å²) in [6.07, 6.45) is 1.20. The number of ether oxygens (including phenoxy) is 1. The molecule has 1 N–H and O–H groups in total. The molecule has 6 heteroatoms. The van der Waals surface area contributed by atoms with Crippen molar-refractivity contribution in [2.24, 2.45) is 0 Å². The lowest BCUT2D eigenvalue weighted by atomic mass is 9.79. The Bertz CT molecular complexity index is 643. The van der Waals surface area contributed by atoms with Crippen LogP contribution in [0.2, 0.25) is 0 Å². The van der Waals surface area contributed by atoms with Crippen LogP contribution in [0.15, 0.2) is 24.3 Å². The van der Waals surface area contributed by atoms with Crippen LogP contribution in [0, 0.1) is 0 Å². The van der Waals surface area contributed by atoms with Gasteiger partial charge in [0, 0.05) is 5.56 Å². The lowest BCUT2D eigenvalue weighted by molar-refractivity contribution is -0.124. The summed E-state index contributed by atoms with van der Waals surface area (Å²) in [4.78, 5) is 39.1. The highest BCUT2D eigenvalue weighted by Crippen LogP contribution is 2.37. The van der Waals surface area contributed by atoms with Gasteiger partial charge in [0.15, 0.2) is 11.3 Å². The Hall–Kier alpha value is -2.37. The minimum absolute atomic E-state index is 0.203. The number of ketones is 1. The Morgan fingerprint density at radius 3 is 2.73 bits per heavy atom. The van der Waals surface area contributed by atoms with E-state index in [9.17, 15) is 14.4 Å². The van der Waals surface area contributed by atoms with Crippen molar-refractivity contribution in [3.63, 3.8) is 0 Å². The monoisotopic (exact) mass is 302 g/mol. The number of nitrogens with zero attached hydrogens (tertiary/aromatic N) is 1. The van der Waals surface area contributed by atoms with Crippen molar-refractivity contribution >= 4 is 23.5 Å². The van der Waals surface area contributed by atoms with E-state index in [1.54, 1.807) is 24.3 Å². The van der Waals surface area contributed by atoms with Crippen molar-refractivity contribution in [1.29, 1.82) is 0 Å². The second-order valence-electron chi connectivity index (χ2n) is 5.56. The number of carbonyl (C=O) groups is 3. The summed E-state index contributed by atoms with van der Waals surface area (Å²) < 4.78 is 4.96. The van der Waals surface area contributed by atoms with Crippen LogP contribution in [0.4, 0.5) is 10.5 Å². The maximum absolute atomic E-state index is 13.1. The number of benzene rings is 1. The quantitative estimate of drug-likeness (QED) is 0.865. The van der Waals surface area contributed by atoms with Crippen molar-refractivity contribution < 1.29 is 19.1 Å². The molecule has 0 aliphatic carbocycles. The van der Waals surface area contributed by atoms with E-state index >= 15 is 0 Å². The maximum atomic E-state index is 13.1. The number of nitrogens with one attached hydrogen (secondary N) is 1. The highest BCUT2D eigenvalue weighted by atomic mass is 16.6. The second-order valence-corrected chi connectivity index (χ2v) is 5.56. The summed E-state index contributed by atoms with van der Waals surface area (Å²) in [6, 6.07) is 6.88. The summed E-state index contributed by atoms with van der Waals surface area (Å²) in [6.45, 7) is 2.44. The van der Waals surface area contributed by atoms with E-state index in [0.717, 1.165) is 6.42 Å². The fraction of sp³-hybridized carbons (Fsp3) is 0.438. The largest absolute Gasteiger partial charge is 0.447 e. The smallest absolute Gasteiger partial charge is 0.411 e. The molecule has 1 fully saturated rings. The number of cyclic esters (lactones) is 1. The third-order valence-electron chi connectivity index (χ3n) is 4.28. The topological polar surface area (TPSA) is 75.7 Å². The van der Waals surface area contributed by atoms with Gasteiger partial charge in [-0.1, -0.05) is 31.9 Å². The van der Waals surface area contributed by atoms with Gasteiger partial charge in [0.1, 0.15) is 6.61 Å². The summed E-state index contributed by atoms with van der Waals surface area (Å²) in [7, 11) is 0. The molecule has 2 aliphatic rings. The van der Waals surface area contributed by atoms with Gasteiger partial charge >= 0.3 is 6.09 Å². The zero-order valence-corrected chi connectivity index (χ0v) is 12.4. The molecule has 1 unspecified atom stereocenters. The fourth-order valence-electron chi connectivity index (χ4n) is 3.12. The summed E-state index contributed by atoms with van der Waals surface area (Å²) >= 11 is 0. The Balaban J connectivity index is 2.10. The Morgan fingerprint density at radius 2 is 2.05 bits per heavy atom. The highest BCUT2D eigenvalue weighted by Gasteiger charge is 2.56. The van der Waals surface area contributed by atoms with Crippen LogP contribution in [0.25, 0.3) is 0 Å². The van der Waals surface area contributed by atoms with Gasteiger partial charge in [-0.15, -0.1) is 0 Å². The molecule has 1 saturated heterocycles. The number of anilines is 1. The van der Waals surface area contributed by atoms with E-state index in [0.29, 0.717) is 24.1 Å². The average molecular weight is 302 g/mol. The zero-order valence-electron chi connectivity index (χ0n) is 12.4. The summed E-state index contributed by atoms with van der Waals surface area (Å²) in [5.74, 6) is -0.761. The lowest BCUT2D eigenvalue weighted by Crippen LogP contribution is -2.64. The SMILES string of the molecule is CCCCC1(N2CCOC2=O)C(=O)Nc2ccccc2C1=O. The molecule has 0 aromatic heterocycles. The van der Waals surface area contributed by atoms with E-state index < -0.39 is 17.5 Å². The van der Waals surface area contributed by atoms with Crippen LogP contribution >= 0.6 is 0 Å². The molecule has 2 heterocycles. The molecule has 2 aliphatic heterocycles. The van der Waals surface area contributed by atoms with Gasteiger partial charge in [0.05, 0.1) is 12.2 Å². The van der Waals surface area contributed by atoms with E-state index in [1.165, 1.54) is 4.90 Å². The lowest BCUT2D eigenvalue weighted by Gasteiger charge is -2.40. The van der Waals surface area contributed by atoms with Gasteiger partial charge in [-0.2, -0.15) is 0 Å². The number of Topliss-reactive ketones (excluding diaryl/α,β-unsaturated/α-hetero) is 1. The minimum Gasteiger partial charge on any atom is -0.447 e. The number of carbonyl (C=O) groups excluding carboxylic acids is 3. The summed E-state index contributed by atoms with van der Waals surface area (Å²) in [5, 5.41) is 2.78. The molecular formula is C16H18N2O4. The van der Waals surface area contributed by atoms with Crippen LogP contribution in [0.3, 0.4) is 0 Å². The standard InChI is InChI=1S/C16H18N2O4/c1-2-3-8-16(18-9-10-22-15(18)21)13(19)11-6-4-5-7-12(11)17-14(16)20/h4-7H,2-3,8-10H2,1H3,(H,17,20). The van der Waals surface area contributed by atoms with Gasteiger partial charge in [0.25, 0.3) is 5.91 Å². The first-order chi connectivity index (χ1) is 10.6. The number of hydrogen-bond acceptors (Lipinski definition) is 4. The number of para-hydroxylation sites is 1. The fourth-order valence-corrected chi connectivity index (χ4v) is 3.12. The zero-order chi connectivity index (χ0) is 15.7. The molecule has 3 rings (SSSR count). The molecule has 22 heavy (non-hydrogen) atoms. The predicted octanol–water partition coefficient (Wildman–Crippen LogP) is 2.20. The van der Waals surface area contributed by atoms with Gasteiger partial charge < -0.3 is 10.1 Å².